The lowest BCUT2D eigenvalue weighted by atomic mass is 9.85. The maximum atomic E-state index is 4.51. The largest absolute Gasteiger partial charge is 0.305 e. The van der Waals surface area contributed by atoms with Gasteiger partial charge in [0.15, 0.2) is 0 Å². The van der Waals surface area contributed by atoms with Crippen LogP contribution in [0.25, 0.3) is 105 Å². The van der Waals surface area contributed by atoms with Crippen LogP contribution in [0.2, 0.25) is 0 Å². The SMILES string of the molecule is C1=c2ccc3ccc(-c4c5ccccc5c(-c5cc6c7ccncc7n7c8cnccc8c(c5)c67)c5ccccc45)cc3c2=CCC1. The molecule has 0 aliphatic heterocycles. The van der Waals surface area contributed by atoms with Crippen LogP contribution in [0.5, 0.6) is 0 Å². The highest BCUT2D eigenvalue weighted by molar-refractivity contribution is 6.27. The van der Waals surface area contributed by atoms with Crippen LogP contribution in [0, 0.1) is 0 Å². The minimum absolute atomic E-state index is 1.10. The van der Waals surface area contributed by atoms with Crippen LogP contribution in [0.4, 0.5) is 0 Å². The van der Waals surface area contributed by atoms with E-state index < -0.39 is 0 Å². The lowest BCUT2D eigenvalue weighted by molar-refractivity contribution is 1.12. The summed E-state index contributed by atoms with van der Waals surface area (Å²) in [6.07, 6.45) is 14.8. The number of fused-ring (bicyclic) bond motifs is 11. The Hall–Kier alpha value is -6.06. The number of pyridine rings is 2. The molecule has 0 saturated heterocycles. The third kappa shape index (κ3) is 3.35. The minimum Gasteiger partial charge on any atom is -0.305 e. The van der Waals surface area contributed by atoms with E-state index in [9.17, 15) is 0 Å². The zero-order chi connectivity index (χ0) is 30.6. The van der Waals surface area contributed by atoms with E-state index in [1.165, 1.54) is 92.1 Å². The van der Waals surface area contributed by atoms with Crippen LogP contribution in [-0.2, 0) is 0 Å². The third-order valence-corrected chi connectivity index (χ3v) is 10.5. The van der Waals surface area contributed by atoms with Crippen LogP contribution < -0.4 is 10.4 Å². The standard InChI is InChI=1S/C44H27N3/c1-2-8-30-26(7-1)13-14-27-15-16-28(21-37(27)30)42-33-9-3-5-11-35(33)43(36-12-6-4-10-34(36)42)29-22-38-31-17-19-45-24-40(31)47-41-25-46-20-18-32(41)39(23-29)44(38)47/h3-25H,1-2H2. The van der Waals surface area contributed by atoms with Gasteiger partial charge >= 0.3 is 0 Å². The van der Waals surface area contributed by atoms with Crippen molar-refractivity contribution in [3.8, 4) is 22.3 Å². The average molecular weight is 598 g/mol. The molecule has 10 aromatic rings. The summed E-state index contributed by atoms with van der Waals surface area (Å²) >= 11 is 0. The van der Waals surface area contributed by atoms with E-state index in [4.69, 9.17) is 0 Å². The molecule has 0 fully saturated rings. The quantitative estimate of drug-likeness (QED) is 0.186. The van der Waals surface area contributed by atoms with Gasteiger partial charge in [-0.3, -0.25) is 9.97 Å². The fraction of sp³-hybridized carbons (Fsp3) is 0.0455. The zero-order valence-electron chi connectivity index (χ0n) is 25.5. The number of rotatable bonds is 2. The van der Waals surface area contributed by atoms with Gasteiger partial charge in [-0.25, -0.2) is 0 Å². The maximum Gasteiger partial charge on any atom is 0.0725 e. The Labute approximate surface area is 269 Å². The fourth-order valence-corrected chi connectivity index (χ4v) is 8.52. The molecule has 0 spiro atoms. The summed E-state index contributed by atoms with van der Waals surface area (Å²) in [5.41, 5.74) is 8.52. The first-order chi connectivity index (χ1) is 23.3. The smallest absolute Gasteiger partial charge is 0.0725 e. The molecule has 6 aromatic carbocycles. The van der Waals surface area contributed by atoms with Gasteiger partial charge in [0.2, 0.25) is 0 Å². The average Bonchev–Trinajstić information content (AvgIpc) is 3.65. The van der Waals surface area contributed by atoms with E-state index in [1.807, 2.05) is 24.8 Å². The summed E-state index contributed by atoms with van der Waals surface area (Å²) in [6, 6.07) is 38.7. The summed E-state index contributed by atoms with van der Waals surface area (Å²) in [5.74, 6) is 0. The molecule has 0 unspecified atom stereocenters. The second kappa shape index (κ2) is 9.24. The molecule has 0 amide bonds. The lowest BCUT2D eigenvalue weighted by Crippen LogP contribution is -2.27. The predicted molar refractivity (Wildman–Crippen MR) is 197 cm³/mol. The molecule has 0 radical (unpaired) electrons. The van der Waals surface area contributed by atoms with Crippen molar-refractivity contribution in [1.82, 2.24) is 14.4 Å². The van der Waals surface area contributed by atoms with E-state index in [-0.39, 0.29) is 0 Å². The molecule has 0 N–H and O–H groups in total. The van der Waals surface area contributed by atoms with Gasteiger partial charge in [-0.15, -0.1) is 0 Å². The number of nitrogens with zero attached hydrogens (tertiary/aromatic N) is 3. The van der Waals surface area contributed by atoms with E-state index in [2.05, 4.69) is 130 Å². The van der Waals surface area contributed by atoms with E-state index in [1.54, 1.807) is 0 Å². The summed E-state index contributed by atoms with van der Waals surface area (Å²) < 4.78 is 2.34. The number of hydrogen-bond donors (Lipinski definition) is 0. The predicted octanol–water partition coefficient (Wildman–Crippen LogP) is 9.78. The van der Waals surface area contributed by atoms with Crippen LogP contribution in [0.1, 0.15) is 12.8 Å². The van der Waals surface area contributed by atoms with Crippen LogP contribution >= 0.6 is 0 Å². The molecule has 0 bridgehead atoms. The van der Waals surface area contributed by atoms with Gasteiger partial charge in [-0.05, 0) is 108 Å². The normalized spacial score (nSPS) is 13.3. The van der Waals surface area contributed by atoms with Crippen molar-refractivity contribution in [2.75, 3.05) is 0 Å². The van der Waals surface area contributed by atoms with Gasteiger partial charge < -0.3 is 4.40 Å². The van der Waals surface area contributed by atoms with E-state index in [0.29, 0.717) is 0 Å². The van der Waals surface area contributed by atoms with E-state index >= 15 is 0 Å². The lowest BCUT2D eigenvalue weighted by Gasteiger charge is -2.18. The maximum absolute atomic E-state index is 4.51. The number of benzene rings is 6. The van der Waals surface area contributed by atoms with Gasteiger partial charge in [-0.1, -0.05) is 84.9 Å². The Morgan fingerprint density at radius 2 is 1.02 bits per heavy atom. The Balaban J connectivity index is 1.28. The molecule has 3 heteroatoms. The van der Waals surface area contributed by atoms with Gasteiger partial charge in [0, 0.05) is 33.9 Å². The molecule has 1 aliphatic rings. The molecule has 218 valence electrons. The monoisotopic (exact) mass is 597 g/mol. The first kappa shape index (κ1) is 25.2. The Bertz CT molecular complexity index is 2930. The summed E-state index contributed by atoms with van der Waals surface area (Å²) in [5, 5.41) is 15.3. The molecule has 4 heterocycles. The first-order valence-electron chi connectivity index (χ1n) is 16.4. The molecule has 47 heavy (non-hydrogen) atoms. The first-order valence-corrected chi connectivity index (χ1v) is 16.4. The number of hydrogen-bond acceptors (Lipinski definition) is 2. The van der Waals surface area contributed by atoms with Crippen molar-refractivity contribution >= 4 is 82.6 Å². The zero-order valence-corrected chi connectivity index (χ0v) is 25.5. The molecule has 4 aromatic heterocycles. The molecule has 11 rings (SSSR count). The minimum atomic E-state index is 1.10. The van der Waals surface area contributed by atoms with Crippen molar-refractivity contribution in [3.63, 3.8) is 0 Å². The van der Waals surface area contributed by atoms with Gasteiger partial charge in [0.05, 0.1) is 28.9 Å². The number of aromatic nitrogens is 3. The second-order valence-corrected chi connectivity index (χ2v) is 12.9. The molecule has 3 nitrogen and oxygen atoms in total. The van der Waals surface area contributed by atoms with Crippen molar-refractivity contribution in [3.05, 3.63) is 138 Å². The Kier molecular flexibility index (Phi) is 4.95. The van der Waals surface area contributed by atoms with Crippen LogP contribution in [0.3, 0.4) is 0 Å². The third-order valence-electron chi connectivity index (χ3n) is 10.5. The second-order valence-electron chi connectivity index (χ2n) is 12.9. The molecule has 0 saturated carbocycles. The fourth-order valence-electron chi connectivity index (χ4n) is 8.52. The highest BCUT2D eigenvalue weighted by Gasteiger charge is 2.22. The topological polar surface area (TPSA) is 30.2 Å². The summed E-state index contributed by atoms with van der Waals surface area (Å²) in [6.45, 7) is 0. The molecular formula is C44H27N3. The van der Waals surface area contributed by atoms with E-state index in [0.717, 1.165) is 23.9 Å². The highest BCUT2D eigenvalue weighted by atomic mass is 14.9. The van der Waals surface area contributed by atoms with Gasteiger partial charge in [-0.2, -0.15) is 0 Å². The van der Waals surface area contributed by atoms with Gasteiger partial charge in [0.1, 0.15) is 0 Å². The van der Waals surface area contributed by atoms with Crippen LogP contribution in [-0.4, -0.2) is 14.4 Å². The van der Waals surface area contributed by atoms with Crippen molar-refractivity contribution < 1.29 is 0 Å². The van der Waals surface area contributed by atoms with Crippen molar-refractivity contribution in [1.29, 1.82) is 0 Å². The van der Waals surface area contributed by atoms with Crippen molar-refractivity contribution in [2.24, 2.45) is 0 Å². The molecule has 0 atom stereocenters. The molecular weight excluding hydrogens is 571 g/mol. The summed E-state index contributed by atoms with van der Waals surface area (Å²) in [7, 11) is 0. The Morgan fingerprint density at radius 3 is 1.66 bits per heavy atom. The highest BCUT2D eigenvalue weighted by Crippen LogP contribution is 2.47. The van der Waals surface area contributed by atoms with Gasteiger partial charge in [0.25, 0.3) is 0 Å². The van der Waals surface area contributed by atoms with Crippen LogP contribution in [0.15, 0.2) is 128 Å². The summed E-state index contributed by atoms with van der Waals surface area (Å²) in [4.78, 5) is 9.02. The molecule has 1 aliphatic carbocycles. The van der Waals surface area contributed by atoms with Crippen molar-refractivity contribution in [2.45, 2.75) is 12.8 Å². The Morgan fingerprint density at radius 1 is 0.468 bits per heavy atom.